The third kappa shape index (κ3) is 5.49. The van der Waals surface area contributed by atoms with Crippen molar-refractivity contribution in [1.29, 1.82) is 0 Å². The lowest BCUT2D eigenvalue weighted by molar-refractivity contribution is -0.384. The highest BCUT2D eigenvalue weighted by Crippen LogP contribution is 2.29. The Labute approximate surface area is 190 Å². The molecule has 3 aromatic rings. The highest BCUT2D eigenvalue weighted by atomic mass is 35.5. The van der Waals surface area contributed by atoms with Crippen molar-refractivity contribution in [2.75, 3.05) is 5.32 Å². The normalized spacial score (nSPS) is 11.5. The zero-order chi connectivity index (χ0) is 22.5. The number of anilines is 1. The summed E-state index contributed by atoms with van der Waals surface area (Å²) >= 11 is 17.7. The largest absolute Gasteiger partial charge is 0.444 e. The monoisotopic (exact) mass is 479 g/mol. The van der Waals surface area contributed by atoms with Crippen LogP contribution in [-0.4, -0.2) is 21.8 Å². The molecule has 0 bridgehead atoms. The van der Waals surface area contributed by atoms with E-state index in [4.69, 9.17) is 39.5 Å². The number of nitrogens with one attached hydrogen (secondary N) is 1. The first-order chi connectivity index (χ1) is 14.8. The van der Waals surface area contributed by atoms with Crippen molar-refractivity contribution in [2.45, 2.75) is 6.10 Å². The van der Waals surface area contributed by atoms with Gasteiger partial charge in [0.1, 0.15) is 5.15 Å². The number of hydrogen-bond donors (Lipinski definition) is 1. The number of nitro benzene ring substituents is 1. The van der Waals surface area contributed by atoms with Gasteiger partial charge in [0.15, 0.2) is 0 Å². The molecule has 1 amide bonds. The van der Waals surface area contributed by atoms with Gasteiger partial charge in [-0.2, -0.15) is 0 Å². The highest BCUT2D eigenvalue weighted by Gasteiger charge is 2.27. The van der Waals surface area contributed by atoms with E-state index in [1.165, 1.54) is 24.4 Å². The third-order valence-corrected chi connectivity index (χ3v) is 5.02. The molecule has 31 heavy (non-hydrogen) atoms. The maximum absolute atomic E-state index is 12.9. The van der Waals surface area contributed by atoms with Gasteiger partial charge in [0, 0.05) is 23.9 Å². The van der Waals surface area contributed by atoms with E-state index in [2.05, 4.69) is 10.3 Å². The number of nitro groups is 1. The first-order valence-electron chi connectivity index (χ1n) is 8.58. The number of ether oxygens (including phenoxy) is 1. The number of carbonyl (C=O) groups excluding carboxylic acids is 2. The molecule has 0 aliphatic carbocycles. The number of hydrogen-bond acceptors (Lipinski definition) is 6. The summed E-state index contributed by atoms with van der Waals surface area (Å²) in [5.41, 5.74) is 0.266. The summed E-state index contributed by atoms with van der Waals surface area (Å²) in [6.07, 6.45) is -0.182. The Bertz CT molecular complexity index is 1160. The maximum Gasteiger partial charge on any atom is 0.340 e. The van der Waals surface area contributed by atoms with E-state index in [0.717, 1.165) is 6.07 Å². The molecule has 0 saturated carbocycles. The van der Waals surface area contributed by atoms with Gasteiger partial charge in [-0.1, -0.05) is 65.1 Å². The van der Waals surface area contributed by atoms with Gasteiger partial charge < -0.3 is 10.1 Å². The lowest BCUT2D eigenvalue weighted by Gasteiger charge is -2.18. The van der Waals surface area contributed by atoms with Gasteiger partial charge in [-0.25, -0.2) is 9.78 Å². The lowest BCUT2D eigenvalue weighted by atomic mass is 10.1. The zero-order valence-corrected chi connectivity index (χ0v) is 17.7. The number of carbonyl (C=O) groups is 2. The quantitative estimate of drug-likeness (QED) is 0.216. The van der Waals surface area contributed by atoms with E-state index in [0.29, 0.717) is 5.56 Å². The Morgan fingerprint density at radius 3 is 2.35 bits per heavy atom. The molecular formula is C20H12Cl3N3O5. The molecule has 0 saturated heterocycles. The Morgan fingerprint density at radius 2 is 1.74 bits per heavy atom. The number of halogens is 3. The molecule has 11 heteroatoms. The van der Waals surface area contributed by atoms with Crippen LogP contribution >= 0.6 is 34.8 Å². The smallest absolute Gasteiger partial charge is 0.340 e. The number of nitrogens with zero attached hydrogens (tertiary/aromatic N) is 2. The van der Waals surface area contributed by atoms with Gasteiger partial charge >= 0.3 is 5.97 Å². The van der Waals surface area contributed by atoms with Gasteiger partial charge in [0.2, 0.25) is 6.10 Å². The standard InChI is InChI=1S/C20H12Cl3N3O5/c21-14-9-13(26(29)30)6-7-16(14)25-19(27)17(11-4-2-1-3-5-11)31-20(28)12-8-15(22)18(23)24-10-12/h1-10,17H,(H,25,27)/t17-/m1/s1. The Hall–Kier alpha value is -3.20. The molecule has 1 atom stereocenters. The number of benzene rings is 2. The molecule has 0 unspecified atom stereocenters. The summed E-state index contributed by atoms with van der Waals surface area (Å²) < 4.78 is 5.41. The summed E-state index contributed by atoms with van der Waals surface area (Å²) in [5.74, 6) is -1.58. The van der Waals surface area contributed by atoms with Crippen molar-refractivity contribution >= 4 is 58.1 Å². The zero-order valence-electron chi connectivity index (χ0n) is 15.4. The van der Waals surface area contributed by atoms with Gasteiger partial charge in [-0.05, 0) is 12.1 Å². The average Bonchev–Trinajstić information content (AvgIpc) is 2.75. The number of esters is 1. The maximum atomic E-state index is 12.9. The van der Waals surface area contributed by atoms with Gasteiger partial charge in [-0.15, -0.1) is 0 Å². The molecule has 158 valence electrons. The average molecular weight is 481 g/mol. The van der Waals surface area contributed by atoms with Crippen LogP contribution < -0.4 is 5.32 Å². The Morgan fingerprint density at radius 1 is 1.03 bits per heavy atom. The predicted molar refractivity (Wildman–Crippen MR) is 116 cm³/mol. The van der Waals surface area contributed by atoms with Crippen LogP contribution in [0, 0.1) is 10.1 Å². The molecule has 1 N–H and O–H groups in total. The van der Waals surface area contributed by atoms with Crippen molar-refractivity contribution in [3.8, 4) is 0 Å². The summed E-state index contributed by atoms with van der Waals surface area (Å²) in [7, 11) is 0. The SMILES string of the molecule is O=C(O[C@@H](C(=O)Nc1ccc([N+](=O)[O-])cc1Cl)c1ccccc1)c1cnc(Cl)c(Cl)c1. The molecule has 0 aliphatic rings. The second kappa shape index (κ2) is 9.74. The molecule has 0 spiro atoms. The van der Waals surface area contributed by atoms with Crippen molar-refractivity contribution in [3.63, 3.8) is 0 Å². The number of amides is 1. The van der Waals surface area contributed by atoms with Gasteiger partial charge in [-0.3, -0.25) is 14.9 Å². The fourth-order valence-electron chi connectivity index (χ4n) is 2.53. The second-order valence-corrected chi connectivity index (χ2v) is 7.28. The summed E-state index contributed by atoms with van der Waals surface area (Å²) in [4.78, 5) is 39.6. The molecule has 0 radical (unpaired) electrons. The molecule has 0 aliphatic heterocycles. The van der Waals surface area contributed by atoms with Crippen LogP contribution in [-0.2, 0) is 9.53 Å². The van der Waals surface area contributed by atoms with E-state index < -0.39 is 22.9 Å². The molecule has 1 heterocycles. The van der Waals surface area contributed by atoms with Crippen molar-refractivity contribution in [1.82, 2.24) is 4.98 Å². The van der Waals surface area contributed by atoms with Crippen LogP contribution in [0.5, 0.6) is 0 Å². The topological polar surface area (TPSA) is 111 Å². The van der Waals surface area contributed by atoms with E-state index in [-0.39, 0.29) is 32.1 Å². The first kappa shape index (κ1) is 22.5. The molecular weight excluding hydrogens is 469 g/mol. The number of non-ortho nitro benzene ring substituents is 1. The van der Waals surface area contributed by atoms with Gasteiger partial charge in [0.25, 0.3) is 11.6 Å². The van der Waals surface area contributed by atoms with Crippen molar-refractivity contribution < 1.29 is 19.2 Å². The van der Waals surface area contributed by atoms with Crippen LogP contribution in [0.1, 0.15) is 22.0 Å². The molecule has 2 aromatic carbocycles. The van der Waals surface area contributed by atoms with Crippen LogP contribution in [0.2, 0.25) is 15.2 Å². The van der Waals surface area contributed by atoms with E-state index in [9.17, 15) is 19.7 Å². The van der Waals surface area contributed by atoms with E-state index >= 15 is 0 Å². The van der Waals surface area contributed by atoms with E-state index in [1.807, 2.05) is 0 Å². The third-order valence-electron chi connectivity index (χ3n) is 4.02. The predicted octanol–water partition coefficient (Wildman–Crippen LogP) is 5.49. The fourth-order valence-corrected chi connectivity index (χ4v) is 3.02. The molecule has 1 aromatic heterocycles. The Balaban J connectivity index is 1.87. The van der Waals surface area contributed by atoms with Gasteiger partial charge in [0.05, 0.1) is 26.2 Å². The molecule has 0 fully saturated rings. The molecule has 3 rings (SSSR count). The molecule has 8 nitrogen and oxygen atoms in total. The van der Waals surface area contributed by atoms with Crippen molar-refractivity contribution in [2.24, 2.45) is 0 Å². The van der Waals surface area contributed by atoms with Crippen LogP contribution in [0.3, 0.4) is 0 Å². The summed E-state index contributed by atoms with van der Waals surface area (Å²) in [6, 6.07) is 13.1. The van der Waals surface area contributed by atoms with Crippen LogP contribution in [0.4, 0.5) is 11.4 Å². The minimum absolute atomic E-state index is 0.00324. The Kier molecular flexibility index (Phi) is 7.06. The fraction of sp³-hybridized carbons (Fsp3) is 0.0500. The second-order valence-electron chi connectivity index (χ2n) is 6.10. The number of pyridine rings is 1. The highest BCUT2D eigenvalue weighted by molar-refractivity contribution is 6.41. The van der Waals surface area contributed by atoms with Crippen molar-refractivity contribution in [3.05, 3.63) is 97.2 Å². The number of aromatic nitrogens is 1. The van der Waals surface area contributed by atoms with E-state index in [1.54, 1.807) is 30.3 Å². The minimum Gasteiger partial charge on any atom is -0.444 e. The van der Waals surface area contributed by atoms with Crippen LogP contribution in [0.25, 0.3) is 0 Å². The summed E-state index contributed by atoms with van der Waals surface area (Å²) in [6.45, 7) is 0. The minimum atomic E-state index is -1.35. The summed E-state index contributed by atoms with van der Waals surface area (Å²) in [5, 5.41) is 13.4. The van der Waals surface area contributed by atoms with Crippen LogP contribution in [0.15, 0.2) is 60.8 Å². The lowest BCUT2D eigenvalue weighted by Crippen LogP contribution is -2.26. The first-order valence-corrected chi connectivity index (χ1v) is 9.71. The number of rotatable bonds is 6.